The number of hydrogen-bond acceptors (Lipinski definition) is 6. The molecule has 0 radical (unpaired) electrons. The molecule has 1 aliphatic heterocycles. The largest absolute Gasteiger partial charge is 0.417 e. The van der Waals surface area contributed by atoms with Crippen LogP contribution in [0.2, 0.25) is 0 Å². The Morgan fingerprint density at radius 2 is 2.11 bits per heavy atom. The van der Waals surface area contributed by atoms with E-state index in [0.29, 0.717) is 31.6 Å². The molecule has 1 amide bonds. The van der Waals surface area contributed by atoms with Gasteiger partial charge in [0.2, 0.25) is 15.9 Å². The minimum Gasteiger partial charge on any atom is -0.408 e. The van der Waals surface area contributed by atoms with Crippen LogP contribution in [0.1, 0.15) is 6.42 Å². The lowest BCUT2D eigenvalue weighted by atomic mass is 10.3. The van der Waals surface area contributed by atoms with Crippen molar-refractivity contribution in [1.29, 1.82) is 0 Å². The van der Waals surface area contributed by atoms with Crippen molar-refractivity contribution in [3.63, 3.8) is 0 Å². The number of sulfonamides is 1. The lowest BCUT2D eigenvalue weighted by Gasteiger charge is -2.21. The number of aromatic nitrogens is 1. The first kappa shape index (κ1) is 19.2. The van der Waals surface area contributed by atoms with E-state index in [2.05, 4.69) is 16.2 Å². The molecule has 1 aliphatic rings. The zero-order valence-electron chi connectivity index (χ0n) is 14.6. The first-order valence-corrected chi connectivity index (χ1v) is 9.90. The summed E-state index contributed by atoms with van der Waals surface area (Å²) >= 11 is 0. The highest BCUT2D eigenvalue weighted by atomic mass is 32.2. The molecule has 1 fully saturated rings. The number of nitrogens with zero attached hydrogens (tertiary/aromatic N) is 2. The summed E-state index contributed by atoms with van der Waals surface area (Å²) in [5.74, 6) is 1.53. The Kier molecular flexibility index (Phi) is 5.65. The van der Waals surface area contributed by atoms with E-state index >= 15 is 0 Å². The fourth-order valence-electron chi connectivity index (χ4n) is 2.99. The molecule has 2 aromatic rings. The molecule has 144 valence electrons. The maximum atomic E-state index is 12.9. The van der Waals surface area contributed by atoms with Crippen molar-refractivity contribution < 1.29 is 17.6 Å². The average Bonchev–Trinajstić information content (AvgIpc) is 2.84. The summed E-state index contributed by atoms with van der Waals surface area (Å²) in [7, 11) is -3.73. The minimum absolute atomic E-state index is 0.0676. The molecule has 1 aromatic carbocycles. The van der Waals surface area contributed by atoms with Gasteiger partial charge in [0.05, 0.1) is 23.5 Å². The van der Waals surface area contributed by atoms with Crippen LogP contribution in [0.3, 0.4) is 0 Å². The molecule has 1 aromatic heterocycles. The van der Waals surface area contributed by atoms with E-state index < -0.39 is 15.8 Å². The normalized spacial score (nSPS) is 16.7. The van der Waals surface area contributed by atoms with Crippen molar-refractivity contribution in [2.75, 3.05) is 39.3 Å². The van der Waals surface area contributed by atoms with Crippen molar-refractivity contribution in [3.8, 4) is 12.3 Å². The Balaban J connectivity index is 1.70. The monoisotopic (exact) mass is 392 g/mol. The van der Waals surface area contributed by atoms with Gasteiger partial charge in [0.15, 0.2) is 5.58 Å². The average molecular weight is 392 g/mol. The van der Waals surface area contributed by atoms with Gasteiger partial charge in [-0.15, -0.1) is 6.42 Å². The molecule has 10 heteroatoms. The number of hydrogen-bond donors (Lipinski definition) is 2. The number of benzene rings is 1. The fraction of sp³-hybridized carbons (Fsp3) is 0.412. The van der Waals surface area contributed by atoms with Crippen molar-refractivity contribution >= 4 is 27.0 Å². The van der Waals surface area contributed by atoms with Gasteiger partial charge in [0, 0.05) is 25.7 Å². The zero-order chi connectivity index (χ0) is 19.4. The van der Waals surface area contributed by atoms with E-state index in [-0.39, 0.29) is 36.0 Å². The Morgan fingerprint density at radius 1 is 1.30 bits per heavy atom. The number of nitrogens with one attached hydrogen (secondary N) is 2. The number of aromatic amines is 1. The van der Waals surface area contributed by atoms with Crippen LogP contribution >= 0.6 is 0 Å². The minimum atomic E-state index is -3.73. The Labute approximate surface area is 156 Å². The number of carbonyl (C=O) groups is 1. The number of terminal acetylenes is 1. The SMILES string of the molecule is C#CCNC(=O)CN1CCCN(S(=O)(=O)c2ccc3[nH]c(=O)oc3c2)CC1. The number of H-pyrrole nitrogens is 1. The van der Waals surface area contributed by atoms with Gasteiger partial charge in [0.25, 0.3) is 0 Å². The van der Waals surface area contributed by atoms with E-state index in [9.17, 15) is 18.0 Å². The molecule has 2 heterocycles. The summed E-state index contributed by atoms with van der Waals surface area (Å²) in [6.07, 6.45) is 5.71. The summed E-state index contributed by atoms with van der Waals surface area (Å²) < 4.78 is 32.2. The van der Waals surface area contributed by atoms with Gasteiger partial charge in [-0.1, -0.05) is 5.92 Å². The predicted molar refractivity (Wildman–Crippen MR) is 98.5 cm³/mol. The maximum absolute atomic E-state index is 12.9. The van der Waals surface area contributed by atoms with E-state index in [1.807, 2.05) is 4.90 Å². The van der Waals surface area contributed by atoms with Crippen molar-refractivity contribution in [2.24, 2.45) is 0 Å². The van der Waals surface area contributed by atoms with Crippen LogP contribution in [-0.4, -0.2) is 67.8 Å². The highest BCUT2D eigenvalue weighted by Gasteiger charge is 2.28. The van der Waals surface area contributed by atoms with Gasteiger partial charge >= 0.3 is 5.76 Å². The molecular formula is C17H20N4O5S. The second-order valence-corrected chi connectivity index (χ2v) is 8.13. The maximum Gasteiger partial charge on any atom is 0.417 e. The molecular weight excluding hydrogens is 372 g/mol. The van der Waals surface area contributed by atoms with Gasteiger partial charge in [-0.2, -0.15) is 4.31 Å². The third kappa shape index (κ3) is 4.39. The van der Waals surface area contributed by atoms with Crippen molar-refractivity contribution in [3.05, 3.63) is 28.7 Å². The number of rotatable bonds is 5. The molecule has 0 unspecified atom stereocenters. The molecule has 9 nitrogen and oxygen atoms in total. The van der Waals surface area contributed by atoms with Gasteiger partial charge in [-0.05, 0) is 25.1 Å². The fourth-order valence-corrected chi connectivity index (χ4v) is 4.48. The van der Waals surface area contributed by atoms with Crippen LogP contribution in [-0.2, 0) is 14.8 Å². The third-order valence-electron chi connectivity index (χ3n) is 4.33. The predicted octanol–water partition coefficient (Wildman–Crippen LogP) is -0.433. The van der Waals surface area contributed by atoms with Gasteiger partial charge < -0.3 is 9.73 Å². The van der Waals surface area contributed by atoms with Crippen LogP contribution in [0.5, 0.6) is 0 Å². The molecule has 2 N–H and O–H groups in total. The summed E-state index contributed by atoms with van der Waals surface area (Å²) in [6.45, 7) is 2.01. The molecule has 0 bridgehead atoms. The number of oxazole rings is 1. The molecule has 0 spiro atoms. The standard InChI is InChI=1S/C17H20N4O5S/c1-2-6-18-16(22)12-20-7-3-8-21(10-9-20)27(24,25)13-4-5-14-15(11-13)26-17(23)19-14/h1,4-5,11H,3,6-10,12H2,(H,18,22)(H,19,23). The number of fused-ring (bicyclic) bond motifs is 1. The molecule has 3 rings (SSSR count). The Hall–Kier alpha value is -2.61. The Bertz CT molecular complexity index is 1030. The third-order valence-corrected chi connectivity index (χ3v) is 6.23. The van der Waals surface area contributed by atoms with E-state index in [4.69, 9.17) is 10.8 Å². The van der Waals surface area contributed by atoms with Crippen molar-refractivity contribution in [2.45, 2.75) is 11.3 Å². The quantitative estimate of drug-likeness (QED) is 0.667. The second kappa shape index (κ2) is 7.96. The second-order valence-electron chi connectivity index (χ2n) is 6.19. The summed E-state index contributed by atoms with van der Waals surface area (Å²) in [5, 5.41) is 2.60. The van der Waals surface area contributed by atoms with E-state index in [0.717, 1.165) is 0 Å². The molecule has 1 saturated heterocycles. The smallest absolute Gasteiger partial charge is 0.408 e. The highest BCUT2D eigenvalue weighted by Crippen LogP contribution is 2.21. The molecule has 27 heavy (non-hydrogen) atoms. The first-order chi connectivity index (χ1) is 12.9. The van der Waals surface area contributed by atoms with E-state index in [1.54, 1.807) is 0 Å². The van der Waals surface area contributed by atoms with Crippen LogP contribution in [0.25, 0.3) is 11.1 Å². The van der Waals surface area contributed by atoms with Gasteiger partial charge in [-0.3, -0.25) is 14.7 Å². The number of amides is 1. The van der Waals surface area contributed by atoms with Crippen LogP contribution in [0.15, 0.2) is 32.3 Å². The first-order valence-electron chi connectivity index (χ1n) is 8.46. The van der Waals surface area contributed by atoms with Crippen molar-refractivity contribution in [1.82, 2.24) is 19.5 Å². The van der Waals surface area contributed by atoms with Crippen LogP contribution < -0.4 is 11.1 Å². The Morgan fingerprint density at radius 3 is 2.89 bits per heavy atom. The molecule has 0 saturated carbocycles. The summed E-state index contributed by atoms with van der Waals surface area (Å²) in [5.41, 5.74) is 0.640. The van der Waals surface area contributed by atoms with E-state index in [1.165, 1.54) is 22.5 Å². The van der Waals surface area contributed by atoms with Gasteiger partial charge in [0.1, 0.15) is 0 Å². The number of carbonyl (C=O) groups excluding carboxylic acids is 1. The summed E-state index contributed by atoms with van der Waals surface area (Å²) in [4.78, 5) is 27.5. The lowest BCUT2D eigenvalue weighted by Crippen LogP contribution is -2.40. The lowest BCUT2D eigenvalue weighted by molar-refractivity contribution is -0.121. The van der Waals surface area contributed by atoms with Crippen LogP contribution in [0.4, 0.5) is 0 Å². The van der Waals surface area contributed by atoms with Crippen LogP contribution in [0, 0.1) is 12.3 Å². The summed E-state index contributed by atoms with van der Waals surface area (Å²) in [6, 6.07) is 4.30. The molecule has 0 atom stereocenters. The molecule has 0 aliphatic carbocycles. The van der Waals surface area contributed by atoms with Gasteiger partial charge in [-0.25, -0.2) is 13.2 Å². The zero-order valence-corrected chi connectivity index (χ0v) is 15.4. The topological polar surface area (TPSA) is 116 Å². The highest BCUT2D eigenvalue weighted by molar-refractivity contribution is 7.89.